The van der Waals surface area contributed by atoms with Gasteiger partial charge < -0.3 is 15.0 Å². The van der Waals surface area contributed by atoms with Gasteiger partial charge in [0.25, 0.3) is 0 Å². The Kier molecular flexibility index (Phi) is 6.03. The Labute approximate surface area is 172 Å². The molecule has 1 aliphatic rings. The van der Waals surface area contributed by atoms with Crippen LogP contribution in [0.4, 0.5) is 11.5 Å². The van der Waals surface area contributed by atoms with Crippen LogP contribution in [0.1, 0.15) is 5.56 Å². The summed E-state index contributed by atoms with van der Waals surface area (Å²) in [6.45, 7) is 5.55. The lowest BCUT2D eigenvalue weighted by Crippen LogP contribution is -2.43. The van der Waals surface area contributed by atoms with Crippen LogP contribution in [0.2, 0.25) is 0 Å². The van der Waals surface area contributed by atoms with E-state index in [4.69, 9.17) is 4.74 Å². The van der Waals surface area contributed by atoms with Gasteiger partial charge in [0, 0.05) is 44.0 Å². The van der Waals surface area contributed by atoms with Gasteiger partial charge in [-0.25, -0.2) is 0 Å². The molecule has 2 aromatic carbocycles. The second-order valence-corrected chi connectivity index (χ2v) is 7.43. The molecular weight excluding hydrogens is 362 g/mol. The molecule has 1 saturated heterocycles. The molecule has 150 valence electrons. The maximum Gasteiger partial charge on any atom is 0.153 e. The molecule has 0 saturated carbocycles. The number of methoxy groups -OCH3 is 1. The standard InChI is InChI=1S/C23H27N5O/c1-27-13-15-28(16-14-27)17-18-3-7-20(8-4-18)24-23-12-11-22(25-26-23)19-5-9-21(29-2)10-6-19/h3-12H,13-17H2,1-2H3,(H,24,26). The van der Waals surface area contributed by atoms with Crippen LogP contribution in [0.3, 0.4) is 0 Å². The molecule has 6 nitrogen and oxygen atoms in total. The van der Waals surface area contributed by atoms with Crippen molar-refractivity contribution in [1.82, 2.24) is 20.0 Å². The molecular formula is C23H27N5O. The van der Waals surface area contributed by atoms with E-state index in [1.165, 1.54) is 5.56 Å². The summed E-state index contributed by atoms with van der Waals surface area (Å²) in [5.41, 5.74) is 4.19. The molecule has 1 aliphatic heterocycles. The molecule has 1 fully saturated rings. The predicted molar refractivity (Wildman–Crippen MR) is 117 cm³/mol. The molecule has 0 aliphatic carbocycles. The molecule has 0 atom stereocenters. The minimum Gasteiger partial charge on any atom is -0.497 e. The molecule has 0 amide bonds. The molecule has 0 unspecified atom stereocenters. The number of benzene rings is 2. The van der Waals surface area contributed by atoms with Gasteiger partial charge in [0.2, 0.25) is 0 Å². The van der Waals surface area contributed by atoms with E-state index in [1.54, 1.807) is 7.11 Å². The van der Waals surface area contributed by atoms with Crippen molar-refractivity contribution in [3.05, 3.63) is 66.2 Å². The molecule has 0 spiro atoms. The number of anilines is 2. The van der Waals surface area contributed by atoms with Crippen molar-refractivity contribution in [3.8, 4) is 17.0 Å². The first kappa shape index (κ1) is 19.4. The average molecular weight is 390 g/mol. The van der Waals surface area contributed by atoms with Crippen LogP contribution in [-0.2, 0) is 6.54 Å². The summed E-state index contributed by atoms with van der Waals surface area (Å²) in [6, 6.07) is 20.3. The van der Waals surface area contributed by atoms with E-state index in [0.29, 0.717) is 0 Å². The maximum atomic E-state index is 5.20. The lowest BCUT2D eigenvalue weighted by molar-refractivity contribution is 0.148. The largest absolute Gasteiger partial charge is 0.497 e. The molecule has 3 aromatic rings. The van der Waals surface area contributed by atoms with Crippen LogP contribution in [-0.4, -0.2) is 60.3 Å². The molecule has 6 heteroatoms. The van der Waals surface area contributed by atoms with Crippen LogP contribution in [0.25, 0.3) is 11.3 Å². The van der Waals surface area contributed by atoms with E-state index in [1.807, 2.05) is 36.4 Å². The van der Waals surface area contributed by atoms with Gasteiger partial charge in [-0.3, -0.25) is 4.90 Å². The lowest BCUT2D eigenvalue weighted by Gasteiger charge is -2.32. The maximum absolute atomic E-state index is 5.20. The zero-order valence-electron chi connectivity index (χ0n) is 17.0. The number of hydrogen-bond acceptors (Lipinski definition) is 6. The number of aromatic nitrogens is 2. The monoisotopic (exact) mass is 389 g/mol. The fraction of sp³-hybridized carbons (Fsp3) is 0.304. The Hall–Kier alpha value is -2.96. The number of piperazine rings is 1. The van der Waals surface area contributed by atoms with E-state index in [9.17, 15) is 0 Å². The minimum absolute atomic E-state index is 0.731. The van der Waals surface area contributed by atoms with E-state index in [0.717, 1.165) is 61.2 Å². The Morgan fingerprint density at radius 3 is 2.21 bits per heavy atom. The van der Waals surface area contributed by atoms with Crippen molar-refractivity contribution in [2.75, 3.05) is 45.7 Å². The first-order chi connectivity index (χ1) is 14.2. The second kappa shape index (κ2) is 9.03. The number of nitrogens with one attached hydrogen (secondary N) is 1. The molecule has 0 bridgehead atoms. The van der Waals surface area contributed by atoms with Gasteiger partial charge >= 0.3 is 0 Å². The predicted octanol–water partition coefficient (Wildman–Crippen LogP) is 3.64. The van der Waals surface area contributed by atoms with Crippen LogP contribution in [0.5, 0.6) is 5.75 Å². The third-order valence-corrected chi connectivity index (χ3v) is 5.28. The van der Waals surface area contributed by atoms with Gasteiger partial charge in [-0.05, 0) is 61.1 Å². The van der Waals surface area contributed by atoms with E-state index in [-0.39, 0.29) is 0 Å². The SMILES string of the molecule is COc1ccc(-c2ccc(Nc3ccc(CN4CCN(C)CC4)cc3)nn2)cc1. The Bertz CT molecular complexity index is 902. The Balaban J connectivity index is 1.35. The highest BCUT2D eigenvalue weighted by molar-refractivity contribution is 5.62. The van der Waals surface area contributed by atoms with Gasteiger partial charge in [-0.1, -0.05) is 12.1 Å². The zero-order chi connectivity index (χ0) is 20.1. The van der Waals surface area contributed by atoms with Crippen LogP contribution in [0, 0.1) is 0 Å². The minimum atomic E-state index is 0.731. The van der Waals surface area contributed by atoms with Crippen molar-refractivity contribution < 1.29 is 4.74 Å². The van der Waals surface area contributed by atoms with Crippen LogP contribution in [0.15, 0.2) is 60.7 Å². The summed E-state index contributed by atoms with van der Waals surface area (Å²) in [5.74, 6) is 1.56. The fourth-order valence-electron chi connectivity index (χ4n) is 3.42. The lowest BCUT2D eigenvalue weighted by atomic mass is 10.1. The molecule has 29 heavy (non-hydrogen) atoms. The average Bonchev–Trinajstić information content (AvgIpc) is 2.77. The van der Waals surface area contributed by atoms with E-state index >= 15 is 0 Å². The molecule has 4 rings (SSSR count). The zero-order valence-corrected chi connectivity index (χ0v) is 17.0. The van der Waals surface area contributed by atoms with Crippen LogP contribution < -0.4 is 10.1 Å². The molecule has 2 heterocycles. The van der Waals surface area contributed by atoms with Crippen molar-refractivity contribution in [2.24, 2.45) is 0 Å². The summed E-state index contributed by atoms with van der Waals surface area (Å²) in [7, 11) is 3.85. The van der Waals surface area contributed by atoms with Gasteiger partial charge in [-0.15, -0.1) is 10.2 Å². The van der Waals surface area contributed by atoms with Gasteiger partial charge in [0.1, 0.15) is 5.75 Å². The quantitative estimate of drug-likeness (QED) is 0.695. The normalized spacial score (nSPS) is 15.2. The van der Waals surface area contributed by atoms with Crippen molar-refractivity contribution in [3.63, 3.8) is 0 Å². The summed E-state index contributed by atoms with van der Waals surface area (Å²) in [5, 5.41) is 12.0. The summed E-state index contributed by atoms with van der Waals surface area (Å²) in [6.07, 6.45) is 0. The highest BCUT2D eigenvalue weighted by Crippen LogP contribution is 2.22. The van der Waals surface area contributed by atoms with Gasteiger partial charge in [-0.2, -0.15) is 0 Å². The number of likely N-dealkylation sites (N-methyl/N-ethyl adjacent to an activating group) is 1. The third-order valence-electron chi connectivity index (χ3n) is 5.28. The number of rotatable bonds is 6. The Morgan fingerprint density at radius 2 is 1.59 bits per heavy atom. The highest BCUT2D eigenvalue weighted by Gasteiger charge is 2.13. The van der Waals surface area contributed by atoms with E-state index < -0.39 is 0 Å². The van der Waals surface area contributed by atoms with Crippen LogP contribution >= 0.6 is 0 Å². The Morgan fingerprint density at radius 1 is 0.862 bits per heavy atom. The first-order valence-electron chi connectivity index (χ1n) is 9.94. The molecule has 0 radical (unpaired) electrons. The summed E-state index contributed by atoms with van der Waals surface area (Å²) < 4.78 is 5.20. The smallest absolute Gasteiger partial charge is 0.153 e. The van der Waals surface area contributed by atoms with E-state index in [2.05, 4.69) is 56.6 Å². The summed E-state index contributed by atoms with van der Waals surface area (Å²) >= 11 is 0. The first-order valence-corrected chi connectivity index (χ1v) is 9.94. The third kappa shape index (κ3) is 5.10. The number of hydrogen-bond donors (Lipinski definition) is 1. The highest BCUT2D eigenvalue weighted by atomic mass is 16.5. The number of ether oxygens (including phenoxy) is 1. The van der Waals surface area contributed by atoms with Crippen molar-refractivity contribution in [1.29, 1.82) is 0 Å². The van der Waals surface area contributed by atoms with Gasteiger partial charge in [0.05, 0.1) is 12.8 Å². The molecule has 1 aromatic heterocycles. The molecule has 1 N–H and O–H groups in total. The topological polar surface area (TPSA) is 53.5 Å². The van der Waals surface area contributed by atoms with Crippen molar-refractivity contribution >= 4 is 11.5 Å². The summed E-state index contributed by atoms with van der Waals surface area (Å²) in [4.78, 5) is 4.89. The van der Waals surface area contributed by atoms with Crippen molar-refractivity contribution in [2.45, 2.75) is 6.54 Å². The fourth-order valence-corrected chi connectivity index (χ4v) is 3.42. The number of nitrogens with zero attached hydrogens (tertiary/aromatic N) is 4. The second-order valence-electron chi connectivity index (χ2n) is 7.43. The van der Waals surface area contributed by atoms with Gasteiger partial charge in [0.15, 0.2) is 5.82 Å².